The lowest BCUT2D eigenvalue weighted by atomic mass is 10.1. The molecule has 5 rings (SSSR count). The van der Waals surface area contributed by atoms with Gasteiger partial charge in [-0.15, -0.1) is 0 Å². The number of pyridine rings is 1. The molecular formula is C29H38N8O2. The summed E-state index contributed by atoms with van der Waals surface area (Å²) in [6, 6.07) is 10.3. The Morgan fingerprint density at radius 3 is 2.79 bits per heavy atom. The maximum Gasteiger partial charge on any atom is 0.221 e. The summed E-state index contributed by atoms with van der Waals surface area (Å²) in [6.07, 6.45) is 7.84. The molecule has 0 aliphatic heterocycles. The Balaban J connectivity index is 1.30. The van der Waals surface area contributed by atoms with Gasteiger partial charge in [0, 0.05) is 43.6 Å². The van der Waals surface area contributed by atoms with Crippen LogP contribution in [0.4, 0.5) is 11.6 Å². The number of aryl methyl sites for hydroxylation is 2. The normalized spacial score (nSPS) is 13.9. The number of ether oxygens (including phenoxy) is 1. The Kier molecular flexibility index (Phi) is 8.11. The first-order valence-electron chi connectivity index (χ1n) is 13.7. The van der Waals surface area contributed by atoms with Gasteiger partial charge in [0.1, 0.15) is 6.29 Å². The van der Waals surface area contributed by atoms with Crippen molar-refractivity contribution in [1.29, 1.82) is 0 Å². The number of aromatic nitrogens is 5. The Bertz CT molecular complexity index is 1440. The van der Waals surface area contributed by atoms with Crippen LogP contribution in [0, 0.1) is 12.8 Å². The highest BCUT2D eigenvalue weighted by Crippen LogP contribution is 2.45. The summed E-state index contributed by atoms with van der Waals surface area (Å²) in [5.74, 6) is 2.20. The summed E-state index contributed by atoms with van der Waals surface area (Å²) >= 11 is 0. The number of anilines is 2. The minimum Gasteiger partial charge on any atom is -0.477 e. The van der Waals surface area contributed by atoms with E-state index in [1.165, 1.54) is 12.8 Å². The minimum atomic E-state index is 0.344. The summed E-state index contributed by atoms with van der Waals surface area (Å²) in [5.41, 5.74) is 11.7. The summed E-state index contributed by atoms with van der Waals surface area (Å²) in [6.45, 7) is 3.96. The quantitative estimate of drug-likeness (QED) is 0.160. The fraction of sp³-hybridized carbons (Fsp3) is 0.448. The van der Waals surface area contributed by atoms with E-state index in [1.54, 1.807) is 23.0 Å². The number of nitrogens with zero attached hydrogens (tertiary/aromatic N) is 5. The molecule has 1 saturated carbocycles. The van der Waals surface area contributed by atoms with Gasteiger partial charge >= 0.3 is 0 Å². The van der Waals surface area contributed by atoms with E-state index in [0.29, 0.717) is 42.2 Å². The molecule has 0 amide bonds. The molecule has 39 heavy (non-hydrogen) atoms. The van der Waals surface area contributed by atoms with Crippen molar-refractivity contribution in [3.05, 3.63) is 47.8 Å². The SMILES string of the molecule is CNc1nc2cc(NCCCN)ccc2n1C(CCCOc1c(-c2cc(C=O)cc(C)n2)cnn1C)C1CC1. The second kappa shape index (κ2) is 11.9. The van der Waals surface area contributed by atoms with E-state index in [0.717, 1.165) is 66.0 Å². The molecule has 1 fully saturated rings. The number of rotatable bonds is 14. The Labute approximate surface area is 229 Å². The van der Waals surface area contributed by atoms with E-state index >= 15 is 0 Å². The number of carbonyl (C=O) groups is 1. The fourth-order valence-corrected chi connectivity index (χ4v) is 5.25. The van der Waals surface area contributed by atoms with Crippen molar-refractivity contribution in [3.8, 4) is 17.1 Å². The van der Waals surface area contributed by atoms with Crippen LogP contribution < -0.4 is 21.1 Å². The minimum absolute atomic E-state index is 0.344. The zero-order valence-electron chi connectivity index (χ0n) is 23.0. The molecule has 0 saturated heterocycles. The lowest BCUT2D eigenvalue weighted by Crippen LogP contribution is -2.15. The molecule has 1 aromatic carbocycles. The number of hydrogen-bond donors (Lipinski definition) is 3. The van der Waals surface area contributed by atoms with E-state index < -0.39 is 0 Å². The summed E-state index contributed by atoms with van der Waals surface area (Å²) in [5, 5.41) is 11.1. The topological polar surface area (TPSA) is 125 Å². The molecule has 3 heterocycles. The molecule has 1 unspecified atom stereocenters. The van der Waals surface area contributed by atoms with Crippen LogP contribution in [0.25, 0.3) is 22.3 Å². The van der Waals surface area contributed by atoms with Gasteiger partial charge in [-0.25, -0.2) is 9.67 Å². The molecule has 1 aliphatic rings. The first-order valence-corrected chi connectivity index (χ1v) is 13.7. The van der Waals surface area contributed by atoms with Crippen molar-refractivity contribution in [3.63, 3.8) is 0 Å². The molecule has 206 valence electrons. The van der Waals surface area contributed by atoms with Crippen LogP contribution >= 0.6 is 0 Å². The molecule has 3 aromatic heterocycles. The molecule has 1 atom stereocenters. The third kappa shape index (κ3) is 5.90. The molecule has 10 heteroatoms. The predicted molar refractivity (Wildman–Crippen MR) is 154 cm³/mol. The van der Waals surface area contributed by atoms with Crippen molar-refractivity contribution < 1.29 is 9.53 Å². The van der Waals surface area contributed by atoms with Crippen LogP contribution in [-0.2, 0) is 7.05 Å². The number of aldehydes is 1. The first-order chi connectivity index (χ1) is 19.0. The lowest BCUT2D eigenvalue weighted by molar-refractivity contribution is 0.112. The third-order valence-corrected chi connectivity index (χ3v) is 7.28. The first kappa shape index (κ1) is 26.7. The molecule has 4 aromatic rings. The highest BCUT2D eigenvalue weighted by atomic mass is 16.5. The van der Waals surface area contributed by atoms with Crippen molar-refractivity contribution >= 4 is 29.0 Å². The number of hydrogen-bond acceptors (Lipinski definition) is 8. The molecule has 1 aliphatic carbocycles. The van der Waals surface area contributed by atoms with Gasteiger partial charge in [-0.2, -0.15) is 5.10 Å². The van der Waals surface area contributed by atoms with Crippen LogP contribution in [0.2, 0.25) is 0 Å². The lowest BCUT2D eigenvalue weighted by Gasteiger charge is -2.22. The molecule has 0 spiro atoms. The van der Waals surface area contributed by atoms with Crippen LogP contribution in [-0.4, -0.2) is 57.3 Å². The number of carbonyl (C=O) groups excluding carboxylic acids is 1. The summed E-state index contributed by atoms with van der Waals surface area (Å²) in [7, 11) is 3.79. The van der Waals surface area contributed by atoms with Crippen molar-refractivity contribution in [2.24, 2.45) is 18.7 Å². The van der Waals surface area contributed by atoms with Gasteiger partial charge in [-0.3, -0.25) is 9.78 Å². The van der Waals surface area contributed by atoms with Crippen LogP contribution in [0.5, 0.6) is 5.88 Å². The molecule has 4 N–H and O–H groups in total. The number of nitrogens with one attached hydrogen (secondary N) is 2. The maximum absolute atomic E-state index is 11.4. The van der Waals surface area contributed by atoms with Gasteiger partial charge in [-0.05, 0) is 81.8 Å². The average Bonchev–Trinajstić information content (AvgIpc) is 3.62. The van der Waals surface area contributed by atoms with Gasteiger partial charge in [0.15, 0.2) is 0 Å². The van der Waals surface area contributed by atoms with Gasteiger partial charge in [-0.1, -0.05) is 0 Å². The Hall–Kier alpha value is -3.92. The van der Waals surface area contributed by atoms with Crippen LogP contribution in [0.15, 0.2) is 36.5 Å². The Morgan fingerprint density at radius 1 is 1.21 bits per heavy atom. The van der Waals surface area contributed by atoms with Crippen molar-refractivity contribution in [2.75, 3.05) is 37.4 Å². The van der Waals surface area contributed by atoms with E-state index in [4.69, 9.17) is 15.5 Å². The zero-order valence-corrected chi connectivity index (χ0v) is 23.0. The molecule has 0 radical (unpaired) electrons. The zero-order chi connectivity index (χ0) is 27.4. The summed E-state index contributed by atoms with van der Waals surface area (Å²) in [4.78, 5) is 20.9. The standard InChI is InChI=1S/C29H38N8O2/c1-19-14-20(18-38)15-24(34-19)23-17-33-36(3)28(23)39-13-4-6-26(21-7-8-21)37-27-10-9-22(32-12-5-11-30)16-25(27)35-29(37)31-2/h9-10,14-18,21,26,32H,4-8,11-13,30H2,1-3H3,(H,31,35). The number of imidazole rings is 1. The van der Waals surface area contributed by atoms with Gasteiger partial charge < -0.3 is 25.7 Å². The highest BCUT2D eigenvalue weighted by Gasteiger charge is 2.34. The van der Waals surface area contributed by atoms with E-state index in [1.807, 2.05) is 21.0 Å². The Morgan fingerprint density at radius 2 is 2.05 bits per heavy atom. The predicted octanol–water partition coefficient (Wildman–Crippen LogP) is 4.57. The third-order valence-electron chi connectivity index (χ3n) is 7.28. The molecule has 10 nitrogen and oxygen atoms in total. The maximum atomic E-state index is 11.4. The highest BCUT2D eigenvalue weighted by molar-refractivity contribution is 5.82. The second-order valence-corrected chi connectivity index (χ2v) is 10.3. The number of fused-ring (bicyclic) bond motifs is 1. The van der Waals surface area contributed by atoms with E-state index in [-0.39, 0.29) is 0 Å². The van der Waals surface area contributed by atoms with Crippen LogP contribution in [0.1, 0.15) is 54.2 Å². The fourth-order valence-electron chi connectivity index (χ4n) is 5.25. The smallest absolute Gasteiger partial charge is 0.221 e. The van der Waals surface area contributed by atoms with E-state index in [2.05, 4.69) is 43.5 Å². The van der Waals surface area contributed by atoms with E-state index in [9.17, 15) is 4.79 Å². The molecular weight excluding hydrogens is 492 g/mol. The monoisotopic (exact) mass is 530 g/mol. The summed E-state index contributed by atoms with van der Waals surface area (Å²) < 4.78 is 10.4. The van der Waals surface area contributed by atoms with Crippen molar-refractivity contribution in [2.45, 2.75) is 45.1 Å². The average molecular weight is 531 g/mol. The number of benzene rings is 1. The van der Waals surface area contributed by atoms with Gasteiger partial charge in [0.2, 0.25) is 11.8 Å². The van der Waals surface area contributed by atoms with Gasteiger partial charge in [0.25, 0.3) is 0 Å². The second-order valence-electron chi connectivity index (χ2n) is 10.3. The number of nitrogens with two attached hydrogens (primary N) is 1. The van der Waals surface area contributed by atoms with Crippen LogP contribution in [0.3, 0.4) is 0 Å². The van der Waals surface area contributed by atoms with Gasteiger partial charge in [0.05, 0.1) is 35.1 Å². The van der Waals surface area contributed by atoms with Crippen molar-refractivity contribution in [1.82, 2.24) is 24.3 Å². The largest absolute Gasteiger partial charge is 0.477 e. The molecule has 0 bridgehead atoms.